The summed E-state index contributed by atoms with van der Waals surface area (Å²) >= 11 is 0. The van der Waals surface area contributed by atoms with Gasteiger partial charge in [-0.2, -0.15) is 0 Å². The second-order valence-electron chi connectivity index (χ2n) is 14.0. The number of rotatable bonds is 5. The van der Waals surface area contributed by atoms with Crippen LogP contribution >= 0.6 is 0 Å². The molecule has 10 rings (SSSR count). The average molecular weight is 668 g/mol. The first kappa shape index (κ1) is 30.2. The Morgan fingerprint density at radius 1 is 0.385 bits per heavy atom. The first-order valence-corrected chi connectivity index (χ1v) is 17.7. The lowest BCUT2D eigenvalue weighted by atomic mass is 9.82. The van der Waals surface area contributed by atoms with Crippen LogP contribution in [-0.4, -0.2) is 15.0 Å². The molecule has 0 saturated carbocycles. The minimum absolute atomic E-state index is 0.140. The second-order valence-corrected chi connectivity index (χ2v) is 14.0. The summed E-state index contributed by atoms with van der Waals surface area (Å²) in [6.07, 6.45) is 0. The zero-order chi connectivity index (χ0) is 34.8. The van der Waals surface area contributed by atoms with E-state index in [1.807, 2.05) is 18.2 Å². The molecule has 0 unspecified atom stereocenters. The molecule has 4 heteroatoms. The molecule has 4 nitrogen and oxygen atoms in total. The molecular weight excluding hydrogens is 635 g/mol. The molecule has 0 radical (unpaired) electrons. The standard InChI is InChI=1S/C48H33N3O/c1-48(2)40-18-10-9-16-37(40)38-26-24-34(28-41(38)48)46-49-45(33-22-20-31(21-23-33)30-12-5-3-6-13-30)50-47(51-46)35-25-27-39-43(29-35)52-42-19-11-17-36(44(39)42)32-14-7-4-8-15-32/h3-29H,1-2H3. The maximum Gasteiger partial charge on any atom is 0.164 e. The van der Waals surface area contributed by atoms with Gasteiger partial charge in [0.25, 0.3) is 0 Å². The third-order valence-electron chi connectivity index (χ3n) is 10.6. The minimum atomic E-state index is -0.140. The Balaban J connectivity index is 1.13. The van der Waals surface area contributed by atoms with Crippen molar-refractivity contribution in [3.63, 3.8) is 0 Å². The van der Waals surface area contributed by atoms with Crippen LogP contribution in [0.15, 0.2) is 168 Å². The minimum Gasteiger partial charge on any atom is -0.456 e. The number of benzene rings is 7. The molecule has 1 aliphatic rings. The van der Waals surface area contributed by atoms with Gasteiger partial charge >= 0.3 is 0 Å². The summed E-state index contributed by atoms with van der Waals surface area (Å²) in [6, 6.07) is 57.2. The van der Waals surface area contributed by atoms with Crippen LogP contribution < -0.4 is 0 Å². The van der Waals surface area contributed by atoms with Gasteiger partial charge in [0.15, 0.2) is 17.5 Å². The molecule has 2 heterocycles. The van der Waals surface area contributed by atoms with Crippen LogP contribution in [0.3, 0.4) is 0 Å². The molecule has 0 fully saturated rings. The van der Waals surface area contributed by atoms with E-state index in [9.17, 15) is 0 Å². The van der Waals surface area contributed by atoms with Gasteiger partial charge in [-0.3, -0.25) is 0 Å². The van der Waals surface area contributed by atoms with E-state index >= 15 is 0 Å². The van der Waals surface area contributed by atoms with Crippen LogP contribution in [0.2, 0.25) is 0 Å². The van der Waals surface area contributed by atoms with E-state index in [1.54, 1.807) is 0 Å². The first-order chi connectivity index (χ1) is 25.5. The Labute approximate surface area is 302 Å². The van der Waals surface area contributed by atoms with Gasteiger partial charge in [-0.25, -0.2) is 15.0 Å². The van der Waals surface area contributed by atoms with Crippen LogP contribution in [0, 0.1) is 0 Å². The third kappa shape index (κ3) is 4.87. The summed E-state index contributed by atoms with van der Waals surface area (Å²) in [4.78, 5) is 15.4. The second kappa shape index (κ2) is 11.7. The van der Waals surface area contributed by atoms with E-state index in [1.165, 1.54) is 27.8 Å². The molecule has 0 spiro atoms. The summed E-state index contributed by atoms with van der Waals surface area (Å²) < 4.78 is 6.49. The molecule has 1 aliphatic carbocycles. The average Bonchev–Trinajstić information content (AvgIpc) is 3.70. The number of hydrogen-bond donors (Lipinski definition) is 0. The number of furan rings is 1. The molecule has 52 heavy (non-hydrogen) atoms. The number of hydrogen-bond acceptors (Lipinski definition) is 4. The van der Waals surface area contributed by atoms with E-state index < -0.39 is 0 Å². The fourth-order valence-corrected chi connectivity index (χ4v) is 7.87. The zero-order valence-electron chi connectivity index (χ0n) is 28.8. The van der Waals surface area contributed by atoms with Crippen molar-refractivity contribution < 1.29 is 4.42 Å². The van der Waals surface area contributed by atoms with Gasteiger partial charge in [0.2, 0.25) is 0 Å². The normalized spacial score (nSPS) is 13.0. The van der Waals surface area contributed by atoms with Crippen molar-refractivity contribution in [2.24, 2.45) is 0 Å². The summed E-state index contributed by atoms with van der Waals surface area (Å²) in [5.74, 6) is 1.86. The Kier molecular flexibility index (Phi) is 6.80. The van der Waals surface area contributed by atoms with Crippen molar-refractivity contribution in [1.29, 1.82) is 0 Å². The lowest BCUT2D eigenvalue weighted by molar-refractivity contribution is 0.660. The van der Waals surface area contributed by atoms with E-state index in [4.69, 9.17) is 19.4 Å². The summed E-state index contributed by atoms with van der Waals surface area (Å²) in [5, 5.41) is 2.16. The van der Waals surface area contributed by atoms with Gasteiger partial charge < -0.3 is 4.42 Å². The van der Waals surface area contributed by atoms with E-state index in [2.05, 4.69) is 159 Å². The SMILES string of the molecule is CC1(C)c2ccccc2-c2ccc(-c3nc(-c4ccc(-c5ccccc5)cc4)nc(-c4ccc5c(c4)oc4cccc(-c6ccccc6)c45)n3)cc21. The Bertz CT molecular complexity index is 2800. The van der Waals surface area contributed by atoms with Crippen molar-refractivity contribution >= 4 is 21.9 Å². The van der Waals surface area contributed by atoms with Crippen molar-refractivity contribution in [3.05, 3.63) is 175 Å². The maximum absolute atomic E-state index is 6.49. The predicted molar refractivity (Wildman–Crippen MR) is 212 cm³/mol. The quantitative estimate of drug-likeness (QED) is 0.183. The highest BCUT2D eigenvalue weighted by atomic mass is 16.3. The van der Waals surface area contributed by atoms with Gasteiger partial charge in [0, 0.05) is 32.9 Å². The lowest BCUT2D eigenvalue weighted by Gasteiger charge is -2.21. The highest BCUT2D eigenvalue weighted by molar-refractivity contribution is 6.13. The van der Waals surface area contributed by atoms with Crippen LogP contribution in [0.5, 0.6) is 0 Å². The summed E-state index contributed by atoms with van der Waals surface area (Å²) in [5.41, 5.74) is 14.1. The zero-order valence-corrected chi connectivity index (χ0v) is 28.8. The Morgan fingerprint density at radius 3 is 1.67 bits per heavy atom. The van der Waals surface area contributed by atoms with Gasteiger partial charge in [0.1, 0.15) is 11.2 Å². The van der Waals surface area contributed by atoms with E-state index in [0.29, 0.717) is 17.5 Å². The predicted octanol–water partition coefficient (Wildman–Crippen LogP) is 12.4. The highest BCUT2D eigenvalue weighted by Gasteiger charge is 2.35. The lowest BCUT2D eigenvalue weighted by Crippen LogP contribution is -2.15. The molecule has 2 aromatic heterocycles. The smallest absolute Gasteiger partial charge is 0.164 e. The Hall–Kier alpha value is -6.65. The first-order valence-electron chi connectivity index (χ1n) is 17.7. The molecule has 0 N–H and O–H groups in total. The van der Waals surface area contributed by atoms with Gasteiger partial charge in [-0.05, 0) is 68.8 Å². The molecular formula is C48H33N3O. The number of aromatic nitrogens is 3. The van der Waals surface area contributed by atoms with Crippen molar-refractivity contribution in [2.75, 3.05) is 0 Å². The Morgan fingerprint density at radius 2 is 0.923 bits per heavy atom. The van der Waals surface area contributed by atoms with Crippen LogP contribution in [0.4, 0.5) is 0 Å². The number of fused-ring (bicyclic) bond motifs is 6. The third-order valence-corrected chi connectivity index (χ3v) is 10.6. The van der Waals surface area contributed by atoms with Crippen LogP contribution in [0.1, 0.15) is 25.0 Å². The molecule has 0 atom stereocenters. The monoisotopic (exact) mass is 667 g/mol. The molecule has 9 aromatic rings. The highest BCUT2D eigenvalue weighted by Crippen LogP contribution is 2.49. The molecule has 0 saturated heterocycles. The fourth-order valence-electron chi connectivity index (χ4n) is 7.87. The van der Waals surface area contributed by atoms with Gasteiger partial charge in [-0.15, -0.1) is 0 Å². The van der Waals surface area contributed by atoms with Gasteiger partial charge in [-0.1, -0.05) is 153 Å². The van der Waals surface area contributed by atoms with Crippen molar-refractivity contribution in [1.82, 2.24) is 15.0 Å². The molecule has 7 aromatic carbocycles. The van der Waals surface area contributed by atoms with Crippen LogP contribution in [0.25, 0.3) is 89.5 Å². The van der Waals surface area contributed by atoms with Crippen LogP contribution in [-0.2, 0) is 5.41 Å². The molecule has 0 aliphatic heterocycles. The summed E-state index contributed by atoms with van der Waals surface area (Å²) in [6.45, 7) is 4.59. The van der Waals surface area contributed by atoms with E-state index in [-0.39, 0.29) is 5.41 Å². The number of nitrogens with zero attached hydrogens (tertiary/aromatic N) is 3. The fraction of sp³-hybridized carbons (Fsp3) is 0.0625. The molecule has 246 valence electrons. The largest absolute Gasteiger partial charge is 0.456 e. The summed E-state index contributed by atoms with van der Waals surface area (Å²) in [7, 11) is 0. The van der Waals surface area contributed by atoms with Gasteiger partial charge in [0.05, 0.1) is 0 Å². The van der Waals surface area contributed by atoms with Crippen molar-refractivity contribution in [2.45, 2.75) is 19.3 Å². The topological polar surface area (TPSA) is 51.8 Å². The molecule has 0 bridgehead atoms. The maximum atomic E-state index is 6.49. The van der Waals surface area contributed by atoms with Crippen molar-refractivity contribution in [3.8, 4) is 67.5 Å². The molecule has 0 amide bonds. The van der Waals surface area contributed by atoms with E-state index in [0.717, 1.165) is 55.3 Å².